The second-order valence-electron chi connectivity index (χ2n) is 7.56. The Morgan fingerprint density at radius 2 is 2.04 bits per heavy atom. The van der Waals surface area contributed by atoms with Gasteiger partial charge in [-0.25, -0.2) is 0 Å². The predicted molar refractivity (Wildman–Crippen MR) is 99.7 cm³/mol. The fraction of sp³-hybridized carbons (Fsp3) is 0.450. The Kier molecular flexibility index (Phi) is 3.86. The molecule has 1 N–H and O–H groups in total. The van der Waals surface area contributed by atoms with E-state index in [1.807, 2.05) is 31.0 Å². The molecule has 0 spiro atoms. The first-order valence-electron chi connectivity index (χ1n) is 9.11. The molecule has 6 nitrogen and oxygen atoms in total. The molecule has 2 aliphatic rings. The molecular weight excluding hydrogens is 328 g/mol. The highest BCUT2D eigenvalue weighted by atomic mass is 16.2. The van der Waals surface area contributed by atoms with Crippen molar-refractivity contribution in [1.29, 1.82) is 0 Å². The molecule has 1 aliphatic heterocycles. The van der Waals surface area contributed by atoms with Crippen LogP contribution in [-0.4, -0.2) is 32.5 Å². The molecule has 26 heavy (non-hydrogen) atoms. The van der Waals surface area contributed by atoms with Gasteiger partial charge in [0.25, 0.3) is 5.91 Å². The Balaban J connectivity index is 1.69. The zero-order valence-corrected chi connectivity index (χ0v) is 15.7. The molecule has 4 rings (SSSR count). The number of aryl methyl sites for hydroxylation is 2. The number of carbonyl (C=O) groups is 2. The van der Waals surface area contributed by atoms with Crippen molar-refractivity contribution in [1.82, 2.24) is 14.7 Å². The highest BCUT2D eigenvalue weighted by Crippen LogP contribution is 2.39. The van der Waals surface area contributed by atoms with Gasteiger partial charge in [0.1, 0.15) is 0 Å². The topological polar surface area (TPSA) is 67.2 Å². The van der Waals surface area contributed by atoms with Gasteiger partial charge >= 0.3 is 0 Å². The minimum atomic E-state index is -0.143. The van der Waals surface area contributed by atoms with Crippen LogP contribution in [0.4, 0.5) is 5.82 Å². The van der Waals surface area contributed by atoms with Gasteiger partial charge < -0.3 is 10.2 Å². The van der Waals surface area contributed by atoms with Crippen molar-refractivity contribution >= 4 is 17.6 Å². The zero-order chi connectivity index (χ0) is 18.6. The fourth-order valence-electron chi connectivity index (χ4n) is 3.98. The third-order valence-corrected chi connectivity index (χ3v) is 5.51. The van der Waals surface area contributed by atoms with Gasteiger partial charge in [-0.2, -0.15) is 5.10 Å². The lowest BCUT2D eigenvalue weighted by atomic mass is 9.99. The van der Waals surface area contributed by atoms with Crippen LogP contribution in [0.3, 0.4) is 0 Å². The van der Waals surface area contributed by atoms with Gasteiger partial charge in [0.05, 0.1) is 5.69 Å². The summed E-state index contributed by atoms with van der Waals surface area (Å²) in [4.78, 5) is 26.2. The van der Waals surface area contributed by atoms with Crippen molar-refractivity contribution in [3.05, 3.63) is 34.9 Å². The standard InChI is InChI=1S/C20H24N4O2/c1-11-7-15(17-9-18(21-13(3)25)22-23(17)4)8-16-10-24(20(26)19(11)16)12(2)14-5-6-14/h7-9,12,14H,5-6,10H2,1-4H3,(H,21,22,25). The number of hydrogen-bond donors (Lipinski definition) is 1. The molecule has 2 amide bonds. The minimum absolute atomic E-state index is 0.143. The van der Waals surface area contributed by atoms with Crippen LogP contribution in [0.25, 0.3) is 11.3 Å². The summed E-state index contributed by atoms with van der Waals surface area (Å²) in [6.45, 7) is 6.31. The molecule has 0 saturated heterocycles. The van der Waals surface area contributed by atoms with Crippen LogP contribution in [0.2, 0.25) is 0 Å². The van der Waals surface area contributed by atoms with E-state index in [-0.39, 0.29) is 11.8 Å². The molecular formula is C20H24N4O2. The van der Waals surface area contributed by atoms with Gasteiger partial charge in [0, 0.05) is 43.8 Å². The van der Waals surface area contributed by atoms with Gasteiger partial charge in [0.2, 0.25) is 5.91 Å². The summed E-state index contributed by atoms with van der Waals surface area (Å²) in [5.74, 6) is 1.21. The number of carbonyl (C=O) groups excluding carboxylic acids is 2. The smallest absolute Gasteiger partial charge is 0.255 e. The molecule has 1 aromatic heterocycles. The van der Waals surface area contributed by atoms with Crippen LogP contribution in [0.15, 0.2) is 18.2 Å². The van der Waals surface area contributed by atoms with E-state index in [1.165, 1.54) is 19.8 Å². The molecule has 6 heteroatoms. The number of amides is 2. The van der Waals surface area contributed by atoms with Crippen molar-refractivity contribution < 1.29 is 9.59 Å². The largest absolute Gasteiger partial charge is 0.331 e. The molecule has 1 aliphatic carbocycles. The predicted octanol–water partition coefficient (Wildman–Crippen LogP) is 3.11. The number of benzene rings is 1. The van der Waals surface area contributed by atoms with Crippen molar-refractivity contribution in [2.45, 2.75) is 46.2 Å². The van der Waals surface area contributed by atoms with Crippen LogP contribution >= 0.6 is 0 Å². The summed E-state index contributed by atoms with van der Waals surface area (Å²) in [7, 11) is 1.86. The van der Waals surface area contributed by atoms with Gasteiger partial charge in [-0.3, -0.25) is 14.3 Å². The first-order valence-corrected chi connectivity index (χ1v) is 9.11. The Bertz CT molecular complexity index is 911. The molecule has 1 unspecified atom stereocenters. The highest BCUT2D eigenvalue weighted by Gasteiger charge is 2.39. The lowest BCUT2D eigenvalue weighted by Crippen LogP contribution is -2.34. The van der Waals surface area contributed by atoms with E-state index in [4.69, 9.17) is 0 Å². The van der Waals surface area contributed by atoms with Gasteiger partial charge in [0.15, 0.2) is 5.82 Å². The average Bonchev–Trinajstić information content (AvgIpc) is 3.27. The summed E-state index contributed by atoms with van der Waals surface area (Å²) < 4.78 is 1.76. The first-order chi connectivity index (χ1) is 12.3. The van der Waals surface area contributed by atoms with E-state index in [9.17, 15) is 9.59 Å². The van der Waals surface area contributed by atoms with Gasteiger partial charge in [-0.15, -0.1) is 0 Å². The van der Waals surface area contributed by atoms with E-state index in [0.29, 0.717) is 24.3 Å². The van der Waals surface area contributed by atoms with Crippen molar-refractivity contribution in [2.24, 2.45) is 13.0 Å². The van der Waals surface area contributed by atoms with E-state index >= 15 is 0 Å². The lowest BCUT2D eigenvalue weighted by molar-refractivity contribution is -0.114. The third-order valence-electron chi connectivity index (χ3n) is 5.51. The molecule has 0 bridgehead atoms. The number of aromatic nitrogens is 2. The second-order valence-corrected chi connectivity index (χ2v) is 7.56. The normalized spacial score (nSPS) is 17.4. The van der Waals surface area contributed by atoms with Crippen LogP contribution in [0.1, 0.15) is 48.2 Å². The maximum Gasteiger partial charge on any atom is 0.255 e. The van der Waals surface area contributed by atoms with Crippen LogP contribution in [0.5, 0.6) is 0 Å². The van der Waals surface area contributed by atoms with Crippen molar-refractivity contribution in [3.63, 3.8) is 0 Å². The van der Waals surface area contributed by atoms with Crippen molar-refractivity contribution in [3.8, 4) is 11.3 Å². The molecule has 0 radical (unpaired) electrons. The third kappa shape index (κ3) is 2.79. The Morgan fingerprint density at radius 1 is 1.31 bits per heavy atom. The number of fused-ring (bicyclic) bond motifs is 1. The Labute approximate surface area is 153 Å². The molecule has 136 valence electrons. The van der Waals surface area contributed by atoms with Gasteiger partial charge in [-0.05, 0) is 55.9 Å². The van der Waals surface area contributed by atoms with Crippen LogP contribution < -0.4 is 5.32 Å². The molecule has 1 atom stereocenters. The monoisotopic (exact) mass is 352 g/mol. The summed E-state index contributed by atoms with van der Waals surface area (Å²) in [5.41, 5.74) is 4.86. The molecule has 1 aromatic carbocycles. The number of anilines is 1. The van der Waals surface area contributed by atoms with E-state index in [0.717, 1.165) is 27.9 Å². The summed E-state index contributed by atoms with van der Waals surface area (Å²) in [6, 6.07) is 6.30. The summed E-state index contributed by atoms with van der Waals surface area (Å²) >= 11 is 0. The SMILES string of the molecule is CC(=O)Nc1cc(-c2cc(C)c3c(c2)CN(C(C)C2CC2)C3=O)n(C)n1. The summed E-state index contributed by atoms with van der Waals surface area (Å²) in [6.07, 6.45) is 2.46. The minimum Gasteiger partial charge on any atom is -0.331 e. The number of nitrogens with zero attached hydrogens (tertiary/aromatic N) is 3. The molecule has 1 saturated carbocycles. The first kappa shape index (κ1) is 16.8. The number of nitrogens with one attached hydrogen (secondary N) is 1. The van der Waals surface area contributed by atoms with E-state index < -0.39 is 0 Å². The maximum absolute atomic E-state index is 12.9. The summed E-state index contributed by atoms with van der Waals surface area (Å²) in [5, 5.41) is 7.07. The molecule has 2 heterocycles. The number of rotatable bonds is 4. The van der Waals surface area contributed by atoms with E-state index in [1.54, 1.807) is 4.68 Å². The highest BCUT2D eigenvalue weighted by molar-refractivity contribution is 6.00. The van der Waals surface area contributed by atoms with Gasteiger partial charge in [-0.1, -0.05) is 0 Å². The quantitative estimate of drug-likeness (QED) is 0.919. The zero-order valence-electron chi connectivity index (χ0n) is 15.7. The Morgan fingerprint density at radius 3 is 2.69 bits per heavy atom. The second kappa shape index (κ2) is 5.97. The van der Waals surface area contributed by atoms with Crippen LogP contribution in [-0.2, 0) is 18.4 Å². The van der Waals surface area contributed by atoms with Crippen LogP contribution in [0, 0.1) is 12.8 Å². The molecule has 1 fully saturated rings. The van der Waals surface area contributed by atoms with E-state index in [2.05, 4.69) is 23.4 Å². The molecule has 2 aromatic rings. The fourth-order valence-corrected chi connectivity index (χ4v) is 3.98. The van der Waals surface area contributed by atoms with Crippen molar-refractivity contribution in [2.75, 3.05) is 5.32 Å². The average molecular weight is 352 g/mol. The lowest BCUT2D eigenvalue weighted by Gasteiger charge is -2.24. The number of hydrogen-bond acceptors (Lipinski definition) is 3. The maximum atomic E-state index is 12.9. The Hall–Kier alpha value is -2.63.